The molecule has 0 saturated carbocycles. The quantitative estimate of drug-likeness (QED) is 0.525. The highest BCUT2D eigenvalue weighted by molar-refractivity contribution is 5.38. The van der Waals surface area contributed by atoms with Gasteiger partial charge in [0.15, 0.2) is 0 Å². The third-order valence-electron chi connectivity index (χ3n) is 0.613. The van der Waals surface area contributed by atoms with E-state index in [1.165, 1.54) is 6.47 Å². The number of ether oxygens (including phenoxy) is 1. The Morgan fingerprint density at radius 2 is 2.50 bits per heavy atom. The Hall–Kier alpha value is -1.04. The molecule has 0 amide bonds. The van der Waals surface area contributed by atoms with E-state index in [-0.39, 0.29) is 12.5 Å². The fraction of sp³-hybridized carbons (Fsp3) is 0.600. The molecule has 0 rings (SSSR count). The van der Waals surface area contributed by atoms with Crippen LogP contribution >= 0.6 is 0 Å². The molecule has 0 aromatic heterocycles. The first-order valence-corrected chi connectivity index (χ1v) is 2.19. The van der Waals surface area contributed by atoms with Crippen LogP contribution in [0.4, 0.5) is 0 Å². The van der Waals surface area contributed by atoms with Crippen molar-refractivity contribution in [3.05, 3.63) is 0 Å². The van der Waals surface area contributed by atoms with Crippen LogP contribution in [0, 0.1) is 17.2 Å². The zero-order valence-electron chi connectivity index (χ0n) is 4.55. The van der Waals surface area contributed by atoms with E-state index >= 15 is 0 Å². The average molecular weight is 112 g/mol. The van der Waals surface area contributed by atoms with Gasteiger partial charge in [-0.2, -0.15) is 5.26 Å². The van der Waals surface area contributed by atoms with E-state index in [2.05, 4.69) is 4.74 Å². The molecule has 0 spiro atoms. The van der Waals surface area contributed by atoms with Crippen LogP contribution < -0.4 is 0 Å². The number of rotatable bonds is 3. The first-order valence-electron chi connectivity index (χ1n) is 2.19. The minimum absolute atomic E-state index is 0.139. The Morgan fingerprint density at radius 1 is 1.88 bits per heavy atom. The van der Waals surface area contributed by atoms with E-state index in [0.717, 1.165) is 0 Å². The highest BCUT2D eigenvalue weighted by Crippen LogP contribution is 1.89. The molecule has 0 heterocycles. The van der Waals surface area contributed by atoms with E-state index < -0.39 is 0 Å². The summed E-state index contributed by atoms with van der Waals surface area (Å²) in [5, 5.41) is 8.10. The van der Waals surface area contributed by atoms with Gasteiger partial charge >= 0.3 is 6.47 Å². The van der Waals surface area contributed by atoms with Crippen molar-refractivity contribution in [2.75, 3.05) is 6.61 Å². The van der Waals surface area contributed by atoms with Gasteiger partial charge in [0.25, 0.3) is 0 Å². The van der Waals surface area contributed by atoms with E-state index in [4.69, 9.17) is 5.26 Å². The van der Waals surface area contributed by atoms with Crippen LogP contribution in [-0.2, 0) is 9.53 Å². The molecule has 0 aromatic carbocycles. The van der Waals surface area contributed by atoms with Crippen LogP contribution in [0.15, 0.2) is 0 Å². The largest absolute Gasteiger partial charge is 0.456 e. The Kier molecular flexibility index (Phi) is 3.59. The Bertz CT molecular complexity index is 105. The van der Waals surface area contributed by atoms with Gasteiger partial charge < -0.3 is 4.74 Å². The summed E-state index contributed by atoms with van der Waals surface area (Å²) in [5.41, 5.74) is 0. The van der Waals surface area contributed by atoms with Crippen molar-refractivity contribution in [1.29, 1.82) is 5.26 Å². The number of nitriles is 1. The van der Waals surface area contributed by atoms with Crippen LogP contribution in [0.3, 0.4) is 0 Å². The van der Waals surface area contributed by atoms with Crippen LogP contribution in [0.2, 0.25) is 0 Å². The summed E-state index contributed by atoms with van der Waals surface area (Å²) >= 11 is 0. The average Bonchev–Trinajstić information content (AvgIpc) is 1.83. The molecule has 0 saturated heterocycles. The van der Waals surface area contributed by atoms with Gasteiger partial charge in [0, 0.05) is 0 Å². The summed E-state index contributed by atoms with van der Waals surface area (Å²) in [7, 11) is 0. The van der Waals surface area contributed by atoms with Crippen LogP contribution in [0.5, 0.6) is 0 Å². The van der Waals surface area contributed by atoms with E-state index in [0.29, 0.717) is 0 Å². The maximum absolute atomic E-state index is 9.37. The predicted molar refractivity (Wildman–Crippen MR) is 26.4 cm³/mol. The van der Waals surface area contributed by atoms with Crippen molar-refractivity contribution >= 4 is 6.47 Å². The van der Waals surface area contributed by atoms with Crippen molar-refractivity contribution < 1.29 is 9.53 Å². The number of hydrogen-bond donors (Lipinski definition) is 0. The minimum Gasteiger partial charge on any atom is -0.456 e. The van der Waals surface area contributed by atoms with Crippen LogP contribution in [0.25, 0.3) is 0 Å². The molecule has 0 fully saturated rings. The zero-order valence-corrected chi connectivity index (χ0v) is 4.55. The Balaban J connectivity index is 3.14. The maximum atomic E-state index is 9.37. The number of hydrogen-bond acceptors (Lipinski definition) is 3. The van der Waals surface area contributed by atoms with Gasteiger partial charge in [-0.05, 0) is 6.92 Å². The third kappa shape index (κ3) is 3.16. The summed E-state index contributed by atoms with van der Waals surface area (Å²) in [6.07, 6.45) is 0. The van der Waals surface area contributed by atoms with Crippen molar-refractivity contribution in [3.8, 4) is 6.07 Å². The summed E-state index contributed by atoms with van der Waals surface area (Å²) in [5.74, 6) is -0.226. The summed E-state index contributed by atoms with van der Waals surface area (Å²) < 4.78 is 4.16. The molecular weight excluding hydrogens is 106 g/mol. The molecule has 0 aliphatic rings. The van der Waals surface area contributed by atoms with Gasteiger partial charge in [0.2, 0.25) is 0 Å². The molecule has 1 radical (unpaired) electrons. The van der Waals surface area contributed by atoms with Crippen molar-refractivity contribution in [1.82, 2.24) is 0 Å². The zero-order chi connectivity index (χ0) is 6.41. The lowest BCUT2D eigenvalue weighted by atomic mass is 10.2. The first-order chi connectivity index (χ1) is 3.81. The molecule has 1 atom stereocenters. The van der Waals surface area contributed by atoms with E-state index in [9.17, 15) is 4.79 Å². The number of carbonyl (C=O) groups excluding carboxylic acids is 1. The normalized spacial score (nSPS) is 11.5. The van der Waals surface area contributed by atoms with Crippen molar-refractivity contribution in [3.63, 3.8) is 0 Å². The van der Waals surface area contributed by atoms with Gasteiger partial charge in [0.05, 0.1) is 12.0 Å². The fourth-order valence-electron chi connectivity index (χ4n) is 0.196. The lowest BCUT2D eigenvalue weighted by Crippen LogP contribution is -2.00. The van der Waals surface area contributed by atoms with Gasteiger partial charge in [-0.3, -0.25) is 0 Å². The SMILES string of the molecule is CC(C#N)CO[C]=O. The summed E-state index contributed by atoms with van der Waals surface area (Å²) in [6.45, 7) is 3.03. The first kappa shape index (κ1) is 6.96. The smallest absolute Gasteiger partial charge is 0.417 e. The molecule has 0 aliphatic heterocycles. The molecule has 0 aromatic rings. The number of nitrogens with zero attached hydrogens (tertiary/aromatic N) is 1. The fourth-order valence-corrected chi connectivity index (χ4v) is 0.196. The highest BCUT2D eigenvalue weighted by atomic mass is 16.5. The van der Waals surface area contributed by atoms with E-state index in [1.807, 2.05) is 6.07 Å². The summed E-state index contributed by atoms with van der Waals surface area (Å²) in [4.78, 5) is 9.37. The maximum Gasteiger partial charge on any atom is 0.417 e. The van der Waals surface area contributed by atoms with Gasteiger partial charge in [-0.1, -0.05) is 0 Å². The van der Waals surface area contributed by atoms with Gasteiger partial charge in [-0.25, -0.2) is 4.79 Å². The van der Waals surface area contributed by atoms with Gasteiger partial charge in [0.1, 0.15) is 6.61 Å². The van der Waals surface area contributed by atoms with Crippen LogP contribution in [0.1, 0.15) is 6.92 Å². The Labute approximate surface area is 47.9 Å². The molecule has 43 valence electrons. The van der Waals surface area contributed by atoms with Crippen molar-refractivity contribution in [2.45, 2.75) is 6.92 Å². The Morgan fingerprint density at radius 3 is 2.88 bits per heavy atom. The lowest BCUT2D eigenvalue weighted by molar-refractivity contribution is 0.254. The van der Waals surface area contributed by atoms with Gasteiger partial charge in [-0.15, -0.1) is 0 Å². The second-order valence-corrected chi connectivity index (χ2v) is 1.42. The van der Waals surface area contributed by atoms with E-state index in [1.54, 1.807) is 6.92 Å². The second-order valence-electron chi connectivity index (χ2n) is 1.42. The molecule has 1 unspecified atom stereocenters. The molecule has 3 nitrogen and oxygen atoms in total. The molecule has 8 heavy (non-hydrogen) atoms. The van der Waals surface area contributed by atoms with Crippen molar-refractivity contribution in [2.24, 2.45) is 5.92 Å². The third-order valence-corrected chi connectivity index (χ3v) is 0.613. The summed E-state index contributed by atoms with van der Waals surface area (Å²) in [6, 6.07) is 1.90. The topological polar surface area (TPSA) is 50.1 Å². The molecule has 0 aliphatic carbocycles. The predicted octanol–water partition coefficient (Wildman–Crippen LogP) is 0.230. The van der Waals surface area contributed by atoms with Crippen LogP contribution in [-0.4, -0.2) is 13.1 Å². The monoisotopic (exact) mass is 112 g/mol. The minimum atomic E-state index is -0.226. The second kappa shape index (κ2) is 4.13. The standard InChI is InChI=1S/C5H6NO2/c1-5(2-6)3-8-4-7/h5H,3H2,1H3. The lowest BCUT2D eigenvalue weighted by Gasteiger charge is -1.94. The molecule has 0 bridgehead atoms. The molecule has 3 heteroatoms. The molecule has 0 N–H and O–H groups in total. The molecular formula is C5H6NO2. The highest BCUT2D eigenvalue weighted by Gasteiger charge is 1.96.